The summed E-state index contributed by atoms with van der Waals surface area (Å²) in [7, 11) is -7.26. The molecule has 0 atom stereocenters. The molecule has 0 amide bonds. The summed E-state index contributed by atoms with van der Waals surface area (Å²) in [6.45, 7) is 0. The van der Waals surface area contributed by atoms with E-state index in [4.69, 9.17) is 23.2 Å². The van der Waals surface area contributed by atoms with E-state index in [0.29, 0.717) is 0 Å². The Morgan fingerprint density at radius 2 is 1.27 bits per heavy atom. The summed E-state index contributed by atoms with van der Waals surface area (Å²) in [6, 6.07) is 9.19. The van der Waals surface area contributed by atoms with Crippen LogP contribution in [0.3, 0.4) is 0 Å². The van der Waals surface area contributed by atoms with Crippen LogP contribution < -0.4 is 4.72 Å². The smallest absolute Gasteiger partial charge is 0.261 e. The second kappa shape index (κ2) is 6.08. The molecular weight excluding hydrogens is 369 g/mol. The SMILES string of the molecule is CS(=O)(=O)c1ccc(S(=O)(=O)Nc2cc(Cl)cc(Cl)c2)cc1. The first-order valence-corrected chi connectivity index (χ1v) is 10.00. The average molecular weight is 380 g/mol. The highest BCUT2D eigenvalue weighted by Gasteiger charge is 2.16. The Balaban J connectivity index is 2.34. The molecule has 0 heterocycles. The van der Waals surface area contributed by atoms with Crippen molar-refractivity contribution in [1.82, 2.24) is 0 Å². The summed E-state index contributed by atoms with van der Waals surface area (Å²) >= 11 is 11.6. The third-order valence-corrected chi connectivity index (χ3v) is 5.64. The van der Waals surface area contributed by atoms with Gasteiger partial charge in [0.1, 0.15) is 0 Å². The Labute approximate surface area is 138 Å². The Morgan fingerprint density at radius 3 is 1.73 bits per heavy atom. The van der Waals surface area contributed by atoms with Crippen LogP contribution in [0.1, 0.15) is 0 Å². The van der Waals surface area contributed by atoms with Gasteiger partial charge in [-0.1, -0.05) is 23.2 Å². The largest absolute Gasteiger partial charge is 0.280 e. The van der Waals surface area contributed by atoms with Gasteiger partial charge in [0.05, 0.1) is 15.5 Å². The number of benzene rings is 2. The number of anilines is 1. The van der Waals surface area contributed by atoms with Crippen LogP contribution in [-0.2, 0) is 19.9 Å². The van der Waals surface area contributed by atoms with Gasteiger partial charge in [0, 0.05) is 16.3 Å². The maximum atomic E-state index is 12.2. The molecular formula is C13H11Cl2NO4S2. The average Bonchev–Trinajstić information content (AvgIpc) is 2.36. The van der Waals surface area contributed by atoms with E-state index < -0.39 is 19.9 Å². The van der Waals surface area contributed by atoms with E-state index in [2.05, 4.69) is 4.72 Å². The van der Waals surface area contributed by atoms with Gasteiger partial charge in [-0.25, -0.2) is 16.8 Å². The molecule has 2 aromatic carbocycles. The second-order valence-corrected chi connectivity index (χ2v) is 9.08. The summed E-state index contributed by atoms with van der Waals surface area (Å²) in [5.74, 6) is 0. The van der Waals surface area contributed by atoms with Crippen molar-refractivity contribution >= 4 is 48.7 Å². The van der Waals surface area contributed by atoms with Crippen LogP contribution in [0.15, 0.2) is 52.3 Å². The van der Waals surface area contributed by atoms with E-state index in [1.807, 2.05) is 0 Å². The number of rotatable bonds is 4. The third-order valence-electron chi connectivity index (χ3n) is 2.68. The monoisotopic (exact) mass is 379 g/mol. The fourth-order valence-electron chi connectivity index (χ4n) is 1.69. The van der Waals surface area contributed by atoms with Gasteiger partial charge >= 0.3 is 0 Å². The summed E-state index contributed by atoms with van der Waals surface area (Å²) in [5, 5.41) is 0.579. The number of hydrogen-bond acceptors (Lipinski definition) is 4. The minimum atomic E-state index is -3.87. The van der Waals surface area contributed by atoms with E-state index >= 15 is 0 Å². The van der Waals surface area contributed by atoms with Crippen LogP contribution in [0.2, 0.25) is 10.0 Å². The highest BCUT2D eigenvalue weighted by atomic mass is 35.5. The molecule has 0 aromatic heterocycles. The van der Waals surface area contributed by atoms with Gasteiger partial charge < -0.3 is 0 Å². The molecule has 0 fully saturated rings. The van der Waals surface area contributed by atoms with Gasteiger partial charge in [0.25, 0.3) is 10.0 Å². The Hall–Kier alpha value is -1.28. The molecule has 0 spiro atoms. The van der Waals surface area contributed by atoms with Crippen molar-refractivity contribution in [3.05, 3.63) is 52.5 Å². The molecule has 9 heteroatoms. The zero-order chi connectivity index (χ0) is 16.5. The van der Waals surface area contributed by atoms with Gasteiger partial charge in [-0.05, 0) is 42.5 Å². The number of sulfonamides is 1. The number of nitrogens with one attached hydrogen (secondary N) is 1. The van der Waals surface area contributed by atoms with E-state index in [0.717, 1.165) is 6.26 Å². The first-order chi connectivity index (χ1) is 10.1. The maximum absolute atomic E-state index is 12.2. The molecule has 2 aromatic rings. The summed E-state index contributed by atoms with van der Waals surface area (Å²) < 4.78 is 49.5. The van der Waals surface area contributed by atoms with Gasteiger partial charge in [0.15, 0.2) is 9.84 Å². The molecule has 0 bridgehead atoms. The van der Waals surface area contributed by atoms with Crippen LogP contribution >= 0.6 is 23.2 Å². The zero-order valence-electron chi connectivity index (χ0n) is 11.2. The lowest BCUT2D eigenvalue weighted by molar-refractivity contribution is 0.597. The molecule has 2 rings (SSSR count). The van der Waals surface area contributed by atoms with Crippen LogP contribution in [0.5, 0.6) is 0 Å². The molecule has 5 nitrogen and oxygen atoms in total. The lowest BCUT2D eigenvalue weighted by atomic mass is 10.3. The highest BCUT2D eigenvalue weighted by molar-refractivity contribution is 7.92. The molecule has 0 aliphatic heterocycles. The highest BCUT2D eigenvalue weighted by Crippen LogP contribution is 2.25. The molecule has 118 valence electrons. The maximum Gasteiger partial charge on any atom is 0.261 e. The summed E-state index contributed by atoms with van der Waals surface area (Å²) in [4.78, 5) is -0.0340. The van der Waals surface area contributed by atoms with Crippen LogP contribution in [0.25, 0.3) is 0 Å². The quantitative estimate of drug-likeness (QED) is 0.884. The minimum Gasteiger partial charge on any atom is -0.280 e. The summed E-state index contributed by atoms with van der Waals surface area (Å²) in [5.41, 5.74) is 0.213. The van der Waals surface area contributed by atoms with Crippen LogP contribution in [0, 0.1) is 0 Å². The fraction of sp³-hybridized carbons (Fsp3) is 0.0769. The predicted molar refractivity (Wildman–Crippen MR) is 86.8 cm³/mol. The Bertz CT molecular complexity index is 887. The van der Waals surface area contributed by atoms with Crippen molar-refractivity contribution < 1.29 is 16.8 Å². The molecule has 0 unspecified atom stereocenters. The number of hydrogen-bond donors (Lipinski definition) is 1. The fourth-order valence-corrected chi connectivity index (χ4v) is 3.89. The van der Waals surface area contributed by atoms with Crippen LogP contribution in [0.4, 0.5) is 5.69 Å². The van der Waals surface area contributed by atoms with Gasteiger partial charge in [-0.2, -0.15) is 0 Å². The topological polar surface area (TPSA) is 80.3 Å². The second-order valence-electron chi connectivity index (χ2n) is 4.51. The molecule has 0 saturated heterocycles. The van der Waals surface area contributed by atoms with Gasteiger partial charge in [-0.3, -0.25) is 4.72 Å². The van der Waals surface area contributed by atoms with Crippen molar-refractivity contribution in [3.63, 3.8) is 0 Å². The van der Waals surface area contributed by atoms with Crippen molar-refractivity contribution in [2.75, 3.05) is 11.0 Å². The molecule has 1 N–H and O–H groups in total. The minimum absolute atomic E-state index is 0.0391. The number of sulfone groups is 1. The van der Waals surface area contributed by atoms with E-state index in [9.17, 15) is 16.8 Å². The summed E-state index contributed by atoms with van der Waals surface area (Å²) in [6.07, 6.45) is 1.04. The normalized spacial score (nSPS) is 12.1. The van der Waals surface area contributed by atoms with Crippen molar-refractivity contribution in [2.45, 2.75) is 9.79 Å². The molecule has 0 aliphatic carbocycles. The van der Waals surface area contributed by atoms with Gasteiger partial charge in [0.2, 0.25) is 0 Å². The molecule has 22 heavy (non-hydrogen) atoms. The van der Waals surface area contributed by atoms with Crippen LogP contribution in [-0.4, -0.2) is 23.1 Å². The first kappa shape index (κ1) is 17.1. The standard InChI is InChI=1S/C13H11Cl2NO4S2/c1-21(17,18)12-2-4-13(5-3-12)22(19,20)16-11-7-9(14)6-10(15)8-11/h2-8,16H,1H3. The van der Waals surface area contributed by atoms with Crippen molar-refractivity contribution in [3.8, 4) is 0 Å². The molecule has 0 aliphatic rings. The molecule has 0 saturated carbocycles. The predicted octanol–water partition coefficient (Wildman–Crippen LogP) is 3.20. The lowest BCUT2D eigenvalue weighted by Gasteiger charge is -2.09. The first-order valence-electron chi connectivity index (χ1n) is 5.87. The number of halogens is 2. The van der Waals surface area contributed by atoms with Crippen molar-refractivity contribution in [2.24, 2.45) is 0 Å². The van der Waals surface area contributed by atoms with E-state index in [1.54, 1.807) is 0 Å². The van der Waals surface area contributed by atoms with E-state index in [1.165, 1.54) is 42.5 Å². The zero-order valence-corrected chi connectivity index (χ0v) is 14.4. The third kappa shape index (κ3) is 4.13. The Morgan fingerprint density at radius 1 is 0.818 bits per heavy atom. The molecule has 0 radical (unpaired) electrons. The Kier molecular flexibility index (Phi) is 4.72. The van der Waals surface area contributed by atoms with Crippen molar-refractivity contribution in [1.29, 1.82) is 0 Å². The van der Waals surface area contributed by atoms with E-state index in [-0.39, 0.29) is 25.5 Å². The van der Waals surface area contributed by atoms with Gasteiger partial charge in [-0.15, -0.1) is 0 Å². The lowest BCUT2D eigenvalue weighted by Crippen LogP contribution is -2.13.